The lowest BCUT2D eigenvalue weighted by molar-refractivity contribution is 1.09. The average Bonchev–Trinajstić information content (AvgIpc) is 2.87. The number of nitrogens with zero attached hydrogens (tertiary/aromatic N) is 4. The van der Waals surface area contributed by atoms with Gasteiger partial charge in [0.15, 0.2) is 5.82 Å². The van der Waals surface area contributed by atoms with Gasteiger partial charge in [-0.15, -0.1) is 21.5 Å². The maximum Gasteiger partial charge on any atom is 0.211 e. The van der Waals surface area contributed by atoms with Crippen LogP contribution in [0, 0.1) is 0 Å². The maximum absolute atomic E-state index is 4.18. The highest BCUT2D eigenvalue weighted by atomic mass is 32.1. The lowest BCUT2D eigenvalue weighted by Gasteiger charge is -2.00. The highest BCUT2D eigenvalue weighted by Gasteiger charge is 2.06. The van der Waals surface area contributed by atoms with Gasteiger partial charge in [0.2, 0.25) is 5.13 Å². The lowest BCUT2D eigenvalue weighted by Crippen LogP contribution is -1.93. The number of rotatable bonds is 2. The van der Waals surface area contributed by atoms with Crippen LogP contribution in [0.15, 0.2) is 23.3 Å². The molecule has 0 spiro atoms. The molecule has 74 valence electrons. The van der Waals surface area contributed by atoms with Crippen LogP contribution in [0.5, 0.6) is 0 Å². The van der Waals surface area contributed by atoms with Crippen LogP contribution < -0.4 is 5.32 Å². The minimum atomic E-state index is 0.739. The van der Waals surface area contributed by atoms with Crippen LogP contribution in [0.25, 0.3) is 10.2 Å². The van der Waals surface area contributed by atoms with Gasteiger partial charge in [0.25, 0.3) is 0 Å². The van der Waals surface area contributed by atoms with Crippen LogP contribution in [0.3, 0.4) is 0 Å². The van der Waals surface area contributed by atoms with Gasteiger partial charge in [-0.2, -0.15) is 0 Å². The summed E-state index contributed by atoms with van der Waals surface area (Å²) in [5.74, 6) is 0.784. The summed E-state index contributed by atoms with van der Waals surface area (Å²) in [5.41, 5.74) is 2.62. The normalized spacial score (nSPS) is 10.7. The first kappa shape index (κ1) is 8.69. The van der Waals surface area contributed by atoms with E-state index in [4.69, 9.17) is 0 Å². The molecule has 3 rings (SSSR count). The second-order valence-corrected chi connectivity index (χ2v) is 4.48. The Bertz CT molecular complexity index is 574. The second-order valence-electron chi connectivity index (χ2n) is 2.73. The molecule has 0 aliphatic heterocycles. The van der Waals surface area contributed by atoms with Gasteiger partial charge in [-0.3, -0.25) is 0 Å². The van der Waals surface area contributed by atoms with Gasteiger partial charge in [-0.1, -0.05) is 11.3 Å². The Hall–Kier alpha value is -1.60. The molecule has 1 N–H and O–H groups in total. The van der Waals surface area contributed by atoms with Crippen molar-refractivity contribution in [2.45, 2.75) is 0 Å². The topological polar surface area (TPSA) is 63.6 Å². The van der Waals surface area contributed by atoms with E-state index >= 15 is 0 Å². The van der Waals surface area contributed by atoms with E-state index in [1.807, 2.05) is 11.4 Å². The van der Waals surface area contributed by atoms with Crippen molar-refractivity contribution in [1.82, 2.24) is 20.2 Å². The molecule has 0 fully saturated rings. The van der Waals surface area contributed by atoms with E-state index in [0.29, 0.717) is 0 Å². The molecule has 0 amide bonds. The van der Waals surface area contributed by atoms with E-state index in [-0.39, 0.29) is 0 Å². The van der Waals surface area contributed by atoms with Gasteiger partial charge >= 0.3 is 0 Å². The summed E-state index contributed by atoms with van der Waals surface area (Å²) in [6, 6.07) is 1.97. The Kier molecular flexibility index (Phi) is 2.04. The third-order valence-electron chi connectivity index (χ3n) is 1.83. The van der Waals surface area contributed by atoms with Crippen LogP contribution in [0.1, 0.15) is 0 Å². The summed E-state index contributed by atoms with van der Waals surface area (Å²) in [7, 11) is 0. The van der Waals surface area contributed by atoms with Gasteiger partial charge in [0.05, 0.1) is 10.2 Å². The van der Waals surface area contributed by atoms with Gasteiger partial charge in [0.1, 0.15) is 11.8 Å². The van der Waals surface area contributed by atoms with Crippen LogP contribution in [0.4, 0.5) is 10.9 Å². The minimum absolute atomic E-state index is 0.739. The molecule has 0 saturated carbocycles. The highest BCUT2D eigenvalue weighted by molar-refractivity contribution is 7.17. The predicted molar refractivity (Wildman–Crippen MR) is 60.6 cm³/mol. The van der Waals surface area contributed by atoms with Crippen molar-refractivity contribution in [3.05, 3.63) is 23.3 Å². The first-order valence-corrected chi connectivity index (χ1v) is 5.91. The molecule has 0 radical (unpaired) electrons. The van der Waals surface area contributed by atoms with Gasteiger partial charge in [0, 0.05) is 0 Å². The van der Waals surface area contributed by atoms with Crippen LogP contribution in [-0.2, 0) is 0 Å². The van der Waals surface area contributed by atoms with Crippen molar-refractivity contribution in [3.63, 3.8) is 0 Å². The summed E-state index contributed by atoms with van der Waals surface area (Å²) < 4.78 is 1.03. The Morgan fingerprint density at radius 1 is 1.20 bits per heavy atom. The molecule has 5 nitrogen and oxygen atoms in total. The zero-order valence-corrected chi connectivity index (χ0v) is 9.05. The van der Waals surface area contributed by atoms with E-state index < -0.39 is 0 Å². The molecular weight excluding hydrogens is 230 g/mol. The number of thiophene rings is 1. The monoisotopic (exact) mass is 235 g/mol. The lowest BCUT2D eigenvalue weighted by atomic mass is 10.4. The smallest absolute Gasteiger partial charge is 0.211 e. The van der Waals surface area contributed by atoms with Crippen LogP contribution in [-0.4, -0.2) is 20.2 Å². The Morgan fingerprint density at radius 3 is 3.07 bits per heavy atom. The number of fused-ring (bicyclic) bond motifs is 1. The molecule has 7 heteroatoms. The fourth-order valence-electron chi connectivity index (χ4n) is 1.21. The molecule has 0 atom stereocenters. The second kappa shape index (κ2) is 3.52. The van der Waals surface area contributed by atoms with Crippen molar-refractivity contribution < 1.29 is 0 Å². The zero-order chi connectivity index (χ0) is 10.1. The zero-order valence-electron chi connectivity index (χ0n) is 7.41. The van der Waals surface area contributed by atoms with Gasteiger partial charge in [-0.05, 0) is 11.4 Å². The molecule has 0 saturated heterocycles. The van der Waals surface area contributed by atoms with Crippen molar-refractivity contribution in [3.8, 4) is 0 Å². The number of hydrogen-bond donors (Lipinski definition) is 1. The molecule has 3 heterocycles. The number of anilines is 2. The molecule has 0 aromatic carbocycles. The molecule has 0 aliphatic rings. The fraction of sp³-hybridized carbons (Fsp3) is 0. The van der Waals surface area contributed by atoms with Crippen molar-refractivity contribution >= 4 is 43.8 Å². The van der Waals surface area contributed by atoms with Crippen molar-refractivity contribution in [1.29, 1.82) is 0 Å². The van der Waals surface area contributed by atoms with E-state index in [0.717, 1.165) is 21.2 Å². The summed E-state index contributed by atoms with van der Waals surface area (Å²) in [4.78, 5) is 8.34. The molecule has 3 aromatic heterocycles. The van der Waals surface area contributed by atoms with Crippen molar-refractivity contribution in [2.24, 2.45) is 0 Å². The first-order chi connectivity index (χ1) is 7.43. The Labute approximate surface area is 92.8 Å². The molecule has 3 aromatic rings. The fourth-order valence-corrected chi connectivity index (χ4v) is 2.44. The summed E-state index contributed by atoms with van der Waals surface area (Å²) in [6.45, 7) is 0. The molecule has 0 unspecified atom stereocenters. The van der Waals surface area contributed by atoms with Crippen LogP contribution in [0.2, 0.25) is 0 Å². The van der Waals surface area contributed by atoms with Crippen molar-refractivity contribution in [2.75, 3.05) is 5.32 Å². The maximum atomic E-state index is 4.18. The predicted octanol–water partition coefficient (Wildman–Crippen LogP) is 2.29. The number of nitrogens with one attached hydrogen (secondary N) is 1. The van der Waals surface area contributed by atoms with E-state index in [1.54, 1.807) is 23.2 Å². The van der Waals surface area contributed by atoms with E-state index in [1.165, 1.54) is 11.3 Å². The summed E-state index contributed by atoms with van der Waals surface area (Å²) in [6.07, 6.45) is 1.54. The third-order valence-corrected chi connectivity index (χ3v) is 3.35. The van der Waals surface area contributed by atoms with E-state index in [9.17, 15) is 0 Å². The SMILES string of the molecule is c1nc(Nc2nncs2)c2sccc2n1. The Morgan fingerprint density at radius 2 is 2.20 bits per heavy atom. The highest BCUT2D eigenvalue weighted by Crippen LogP contribution is 2.27. The standard InChI is InChI=1S/C8H5N5S2/c1-2-14-6-5(1)9-3-10-7(6)12-8-13-11-4-15-8/h1-4H,(H,9,10,12,13). The minimum Gasteiger partial charge on any atom is -0.313 e. The van der Waals surface area contributed by atoms with Gasteiger partial charge < -0.3 is 5.32 Å². The summed E-state index contributed by atoms with van der Waals surface area (Å²) in [5, 5.41) is 13.5. The number of hydrogen-bond acceptors (Lipinski definition) is 7. The largest absolute Gasteiger partial charge is 0.313 e. The van der Waals surface area contributed by atoms with E-state index in [2.05, 4.69) is 25.5 Å². The molecular formula is C8H5N5S2. The third kappa shape index (κ3) is 1.55. The summed E-state index contributed by atoms with van der Waals surface area (Å²) >= 11 is 3.04. The molecule has 0 bridgehead atoms. The van der Waals surface area contributed by atoms with Crippen LogP contribution >= 0.6 is 22.7 Å². The molecule has 0 aliphatic carbocycles. The molecule has 15 heavy (non-hydrogen) atoms. The average molecular weight is 235 g/mol. The first-order valence-electron chi connectivity index (χ1n) is 4.15. The quantitative estimate of drug-likeness (QED) is 0.738. The Balaban J connectivity index is 2.07. The van der Waals surface area contributed by atoms with Gasteiger partial charge in [-0.25, -0.2) is 9.97 Å². The number of aromatic nitrogens is 4.